The maximum Gasteiger partial charge on any atom is 0.320 e. The number of morpholine rings is 1. The third-order valence-corrected chi connectivity index (χ3v) is 3.80. The van der Waals surface area contributed by atoms with Crippen LogP contribution < -0.4 is 5.73 Å². The third-order valence-electron chi connectivity index (χ3n) is 3.80. The first-order valence-corrected chi connectivity index (χ1v) is 6.59. The summed E-state index contributed by atoms with van der Waals surface area (Å²) in [6.07, 6.45) is 3.30. The van der Waals surface area contributed by atoms with E-state index in [1.807, 2.05) is 9.80 Å². The zero-order chi connectivity index (χ0) is 12.3. The van der Waals surface area contributed by atoms with E-state index in [-0.39, 0.29) is 12.1 Å². The molecule has 2 N–H and O–H groups in total. The van der Waals surface area contributed by atoms with Crippen molar-refractivity contribution in [3.05, 3.63) is 0 Å². The molecular weight excluding hydrogens is 218 g/mol. The van der Waals surface area contributed by atoms with E-state index in [2.05, 4.69) is 6.92 Å². The summed E-state index contributed by atoms with van der Waals surface area (Å²) in [5.41, 5.74) is 5.79. The van der Waals surface area contributed by atoms with E-state index in [9.17, 15) is 4.79 Å². The molecule has 2 saturated heterocycles. The standard InChI is InChI=1S/C12H23N3O2/c1-10-3-2-4-11(9-13)15(10)12(16)14-5-7-17-8-6-14/h10-11H,2-9,13H2,1H3. The second-order valence-electron chi connectivity index (χ2n) is 4.96. The number of likely N-dealkylation sites (tertiary alicyclic amines) is 1. The summed E-state index contributed by atoms with van der Waals surface area (Å²) in [7, 11) is 0. The molecule has 2 rings (SSSR count). The zero-order valence-electron chi connectivity index (χ0n) is 10.6. The number of urea groups is 1. The molecule has 0 bridgehead atoms. The summed E-state index contributed by atoms with van der Waals surface area (Å²) in [6.45, 7) is 5.42. The van der Waals surface area contributed by atoms with Gasteiger partial charge in [0, 0.05) is 31.7 Å². The second kappa shape index (κ2) is 5.69. The molecule has 0 spiro atoms. The van der Waals surface area contributed by atoms with E-state index in [1.165, 1.54) is 6.42 Å². The molecule has 17 heavy (non-hydrogen) atoms. The molecule has 2 heterocycles. The van der Waals surface area contributed by atoms with Crippen molar-refractivity contribution in [3.8, 4) is 0 Å². The lowest BCUT2D eigenvalue weighted by Crippen LogP contribution is -2.57. The first kappa shape index (κ1) is 12.6. The smallest absolute Gasteiger partial charge is 0.320 e. The minimum atomic E-state index is 0.149. The molecule has 2 aliphatic rings. The SMILES string of the molecule is CC1CCCC(CN)N1C(=O)N1CCOCC1. The van der Waals surface area contributed by atoms with Crippen molar-refractivity contribution in [1.29, 1.82) is 0 Å². The molecule has 0 radical (unpaired) electrons. The molecule has 2 amide bonds. The fraction of sp³-hybridized carbons (Fsp3) is 0.917. The molecule has 5 nitrogen and oxygen atoms in total. The van der Waals surface area contributed by atoms with E-state index in [1.54, 1.807) is 0 Å². The van der Waals surface area contributed by atoms with Gasteiger partial charge in [-0.2, -0.15) is 0 Å². The van der Waals surface area contributed by atoms with Gasteiger partial charge in [0.25, 0.3) is 0 Å². The number of amides is 2. The summed E-state index contributed by atoms with van der Waals surface area (Å²) in [5.74, 6) is 0. The largest absolute Gasteiger partial charge is 0.378 e. The summed E-state index contributed by atoms with van der Waals surface area (Å²) in [5, 5.41) is 0. The van der Waals surface area contributed by atoms with Crippen molar-refractivity contribution in [1.82, 2.24) is 9.80 Å². The Bertz CT molecular complexity index is 266. The topological polar surface area (TPSA) is 58.8 Å². The number of ether oxygens (including phenoxy) is 1. The van der Waals surface area contributed by atoms with Crippen LogP contribution in [0.2, 0.25) is 0 Å². The second-order valence-corrected chi connectivity index (χ2v) is 4.96. The van der Waals surface area contributed by atoms with Crippen LogP contribution in [0, 0.1) is 0 Å². The van der Waals surface area contributed by atoms with Crippen LogP contribution in [0.4, 0.5) is 4.79 Å². The highest BCUT2D eigenvalue weighted by Gasteiger charge is 2.33. The van der Waals surface area contributed by atoms with E-state index < -0.39 is 0 Å². The minimum absolute atomic E-state index is 0.149. The van der Waals surface area contributed by atoms with Gasteiger partial charge in [-0.25, -0.2) is 4.79 Å². The number of carbonyl (C=O) groups is 1. The summed E-state index contributed by atoms with van der Waals surface area (Å²) < 4.78 is 5.28. The maximum atomic E-state index is 12.5. The Labute approximate surface area is 103 Å². The van der Waals surface area contributed by atoms with E-state index in [0.29, 0.717) is 38.9 Å². The Kier molecular flexibility index (Phi) is 4.23. The highest BCUT2D eigenvalue weighted by atomic mass is 16.5. The van der Waals surface area contributed by atoms with Gasteiger partial charge >= 0.3 is 6.03 Å². The number of rotatable bonds is 1. The van der Waals surface area contributed by atoms with Gasteiger partial charge in [-0.1, -0.05) is 0 Å². The van der Waals surface area contributed by atoms with Crippen molar-refractivity contribution in [2.45, 2.75) is 38.3 Å². The predicted molar refractivity (Wildman–Crippen MR) is 65.8 cm³/mol. The molecule has 0 saturated carbocycles. The Morgan fingerprint density at radius 1 is 1.35 bits per heavy atom. The number of hydrogen-bond acceptors (Lipinski definition) is 3. The molecule has 2 atom stereocenters. The summed E-state index contributed by atoms with van der Waals surface area (Å²) >= 11 is 0. The number of carbonyl (C=O) groups excluding carboxylic acids is 1. The van der Waals surface area contributed by atoms with Crippen molar-refractivity contribution >= 4 is 6.03 Å². The Balaban J connectivity index is 2.03. The predicted octanol–water partition coefficient (Wildman–Crippen LogP) is 0.640. The fourth-order valence-corrected chi connectivity index (χ4v) is 2.78. The molecule has 98 valence electrons. The normalized spacial score (nSPS) is 30.5. The summed E-state index contributed by atoms with van der Waals surface area (Å²) in [4.78, 5) is 16.4. The molecular formula is C12H23N3O2. The molecule has 2 aliphatic heterocycles. The average Bonchev–Trinajstić information content (AvgIpc) is 2.38. The van der Waals surface area contributed by atoms with Crippen LogP contribution in [0.3, 0.4) is 0 Å². The van der Waals surface area contributed by atoms with Crippen LogP contribution in [0.1, 0.15) is 26.2 Å². The lowest BCUT2D eigenvalue weighted by molar-refractivity contribution is 0.0283. The molecule has 0 aromatic carbocycles. The average molecular weight is 241 g/mol. The van der Waals surface area contributed by atoms with Crippen LogP contribution in [-0.4, -0.2) is 60.8 Å². The number of nitrogens with two attached hydrogens (primary N) is 1. The van der Waals surface area contributed by atoms with Gasteiger partial charge in [0.2, 0.25) is 0 Å². The highest BCUT2D eigenvalue weighted by molar-refractivity contribution is 5.75. The van der Waals surface area contributed by atoms with Crippen molar-refractivity contribution in [2.75, 3.05) is 32.8 Å². The molecule has 0 aromatic rings. The van der Waals surface area contributed by atoms with Gasteiger partial charge in [-0.05, 0) is 26.2 Å². The van der Waals surface area contributed by atoms with Gasteiger partial charge in [-0.3, -0.25) is 0 Å². The van der Waals surface area contributed by atoms with Crippen LogP contribution in [-0.2, 0) is 4.74 Å². The third kappa shape index (κ3) is 2.72. The zero-order valence-corrected chi connectivity index (χ0v) is 10.6. The maximum absolute atomic E-state index is 12.5. The van der Waals surface area contributed by atoms with Crippen molar-refractivity contribution < 1.29 is 9.53 Å². The first-order valence-electron chi connectivity index (χ1n) is 6.59. The first-order chi connectivity index (χ1) is 8.24. The minimum Gasteiger partial charge on any atom is -0.378 e. The number of piperidine rings is 1. The van der Waals surface area contributed by atoms with Crippen LogP contribution in [0.25, 0.3) is 0 Å². The van der Waals surface area contributed by atoms with Gasteiger partial charge < -0.3 is 20.3 Å². The van der Waals surface area contributed by atoms with Gasteiger partial charge in [0.05, 0.1) is 13.2 Å². The molecule has 5 heteroatoms. The van der Waals surface area contributed by atoms with E-state index in [4.69, 9.17) is 10.5 Å². The van der Waals surface area contributed by atoms with Crippen LogP contribution in [0.15, 0.2) is 0 Å². The van der Waals surface area contributed by atoms with E-state index in [0.717, 1.165) is 12.8 Å². The Hall–Kier alpha value is -0.810. The van der Waals surface area contributed by atoms with Gasteiger partial charge in [0.15, 0.2) is 0 Å². The Morgan fingerprint density at radius 2 is 2.06 bits per heavy atom. The van der Waals surface area contributed by atoms with Crippen molar-refractivity contribution in [3.63, 3.8) is 0 Å². The summed E-state index contributed by atoms with van der Waals surface area (Å²) in [6, 6.07) is 0.678. The number of nitrogens with zero attached hydrogens (tertiary/aromatic N) is 2. The quantitative estimate of drug-likeness (QED) is 0.733. The van der Waals surface area contributed by atoms with Crippen LogP contribution >= 0.6 is 0 Å². The fourth-order valence-electron chi connectivity index (χ4n) is 2.78. The Morgan fingerprint density at radius 3 is 2.71 bits per heavy atom. The molecule has 0 aromatic heterocycles. The van der Waals surface area contributed by atoms with Crippen LogP contribution in [0.5, 0.6) is 0 Å². The molecule has 0 aliphatic carbocycles. The van der Waals surface area contributed by atoms with Gasteiger partial charge in [0.1, 0.15) is 0 Å². The van der Waals surface area contributed by atoms with Gasteiger partial charge in [-0.15, -0.1) is 0 Å². The molecule has 2 unspecified atom stereocenters. The monoisotopic (exact) mass is 241 g/mol. The number of hydrogen-bond donors (Lipinski definition) is 1. The van der Waals surface area contributed by atoms with Crippen molar-refractivity contribution in [2.24, 2.45) is 5.73 Å². The highest BCUT2D eigenvalue weighted by Crippen LogP contribution is 2.23. The lowest BCUT2D eigenvalue weighted by atomic mass is 9.97. The lowest BCUT2D eigenvalue weighted by Gasteiger charge is -2.43. The van der Waals surface area contributed by atoms with E-state index >= 15 is 0 Å². The molecule has 2 fully saturated rings.